The third kappa shape index (κ3) is 6.97. The number of nitrogens with one attached hydrogen (secondary N) is 1. The van der Waals surface area contributed by atoms with Crippen molar-refractivity contribution in [2.24, 2.45) is 0 Å². The molecule has 8 heterocycles. The standard InChI is InChI=1S/C47H52N4O13S/c1-10-58-43(54)63-38-24(3)39-40(61-22-60-39)32-28-12-14-59-42(53)47(27-17-29(56-8)30(16-25(27)11-13-49-47)62-44(55)64-45(4,5)6)21-65-41(33(32)38)35-34-31-26(15-23(2)37(57-9)36(31)52)18-46(19-48,51(28)35)20-50(34)7/h10,15-17,28,34-35,41,49,52H,1,11-14,18,20-22H2,2-9H3/t28-,34+,35?,41+,46-,47+/m0/s1. The number of hydrogen-bond donors (Lipinski definition) is 2. The molecule has 0 aliphatic carbocycles. The number of nitriles is 1. The SMILES string of the molecule is C=COC(=O)Oc1c(C)c2c(c3c1[C@H]1SC[C@]4(NCCc5cc(OC(=O)OC(C)(C)C)c(OC)cc54)C(=O)OCC[C@@H]3N3C1[C@H]1c4c(cc(C)c(OC)c4O)C[C@]3(C#N)CN1C)OCO2. The van der Waals surface area contributed by atoms with Gasteiger partial charge in [0.15, 0.2) is 40.0 Å². The van der Waals surface area contributed by atoms with Gasteiger partial charge in [-0.2, -0.15) is 5.26 Å². The van der Waals surface area contributed by atoms with Crippen LogP contribution >= 0.6 is 11.8 Å². The molecule has 2 fully saturated rings. The van der Waals surface area contributed by atoms with E-state index in [0.717, 1.165) is 23.0 Å². The van der Waals surface area contributed by atoms with Crippen molar-refractivity contribution in [3.63, 3.8) is 0 Å². The van der Waals surface area contributed by atoms with Gasteiger partial charge in [-0.1, -0.05) is 12.6 Å². The van der Waals surface area contributed by atoms with Crippen LogP contribution < -0.4 is 33.7 Å². The lowest BCUT2D eigenvalue weighted by atomic mass is 9.75. The predicted octanol–water partition coefficient (Wildman–Crippen LogP) is 6.72. The smallest absolute Gasteiger partial charge is 0.504 e. The van der Waals surface area contributed by atoms with E-state index < -0.39 is 58.3 Å². The van der Waals surface area contributed by atoms with Gasteiger partial charge in [0.05, 0.1) is 44.4 Å². The van der Waals surface area contributed by atoms with E-state index in [1.165, 1.54) is 26.0 Å². The Balaban J connectivity index is 1.29. The van der Waals surface area contributed by atoms with Crippen LogP contribution in [0.15, 0.2) is 31.0 Å². The van der Waals surface area contributed by atoms with Gasteiger partial charge in [-0.15, -0.1) is 11.8 Å². The minimum absolute atomic E-state index is 0.0207. The van der Waals surface area contributed by atoms with Crippen LogP contribution in [0.2, 0.25) is 0 Å². The summed E-state index contributed by atoms with van der Waals surface area (Å²) in [6.07, 6.45) is -0.0471. The van der Waals surface area contributed by atoms with Crippen LogP contribution in [-0.4, -0.2) is 104 Å². The van der Waals surface area contributed by atoms with E-state index in [1.54, 1.807) is 39.8 Å². The molecule has 3 aromatic carbocycles. The second kappa shape index (κ2) is 16.2. The molecule has 65 heavy (non-hydrogen) atoms. The Kier molecular flexibility index (Phi) is 11.1. The number of aromatic hydroxyl groups is 1. The number of fused-ring (bicyclic) bond motifs is 7. The first kappa shape index (κ1) is 44.3. The Morgan fingerprint density at radius 3 is 2.49 bits per heavy atom. The van der Waals surface area contributed by atoms with Crippen LogP contribution in [-0.2, 0) is 37.4 Å². The molecule has 3 aromatic rings. The van der Waals surface area contributed by atoms with E-state index in [4.69, 9.17) is 42.6 Å². The highest BCUT2D eigenvalue weighted by Crippen LogP contribution is 2.66. The third-order valence-corrected chi connectivity index (χ3v) is 14.8. The molecule has 0 radical (unpaired) electrons. The molecular weight excluding hydrogens is 861 g/mol. The Morgan fingerprint density at radius 1 is 1.02 bits per heavy atom. The summed E-state index contributed by atoms with van der Waals surface area (Å²) in [7, 11) is 4.90. The predicted molar refractivity (Wildman–Crippen MR) is 234 cm³/mol. The fourth-order valence-corrected chi connectivity index (χ4v) is 12.7. The molecule has 0 amide bonds. The van der Waals surface area contributed by atoms with Gasteiger partial charge in [-0.05, 0) is 82.5 Å². The number of piperazine rings is 1. The summed E-state index contributed by atoms with van der Waals surface area (Å²) in [5, 5.41) is 26.7. The Bertz CT molecular complexity index is 2570. The van der Waals surface area contributed by atoms with Crippen LogP contribution in [0.5, 0.6) is 40.2 Å². The van der Waals surface area contributed by atoms with E-state index in [0.29, 0.717) is 64.6 Å². The van der Waals surface area contributed by atoms with Crippen molar-refractivity contribution in [2.45, 2.75) is 93.9 Å². The summed E-state index contributed by atoms with van der Waals surface area (Å²) >= 11 is 1.42. The highest BCUT2D eigenvalue weighted by Gasteiger charge is 2.64. The number of nitrogens with zero attached hydrogens (tertiary/aromatic N) is 3. The van der Waals surface area contributed by atoms with E-state index in [1.807, 2.05) is 20.0 Å². The van der Waals surface area contributed by atoms with Crippen LogP contribution in [0.4, 0.5) is 9.59 Å². The molecule has 18 heteroatoms. The van der Waals surface area contributed by atoms with Crippen molar-refractivity contribution < 1.29 is 62.1 Å². The summed E-state index contributed by atoms with van der Waals surface area (Å²) in [6.45, 7) is 12.8. The Morgan fingerprint density at radius 2 is 1.78 bits per heavy atom. The highest BCUT2D eigenvalue weighted by atomic mass is 32.2. The lowest BCUT2D eigenvalue weighted by Crippen LogP contribution is -2.68. The number of phenols is 1. The normalized spacial score (nSPS) is 27.3. The molecule has 0 saturated carbocycles. The number of rotatable bonds is 5. The number of likely N-dealkylation sites (N-methyl/N-ethyl adjacent to an activating group) is 1. The summed E-state index contributed by atoms with van der Waals surface area (Å²) in [4.78, 5) is 45.7. The molecule has 8 aliphatic rings. The number of methoxy groups -OCH3 is 2. The zero-order valence-electron chi connectivity index (χ0n) is 37.6. The van der Waals surface area contributed by atoms with Gasteiger partial charge in [0, 0.05) is 66.0 Å². The molecule has 2 saturated heterocycles. The number of hydrogen-bond acceptors (Lipinski definition) is 18. The molecule has 2 unspecified atom stereocenters. The van der Waals surface area contributed by atoms with Gasteiger partial charge >= 0.3 is 18.3 Å². The molecule has 344 valence electrons. The first-order valence-electron chi connectivity index (χ1n) is 21.4. The van der Waals surface area contributed by atoms with Crippen molar-refractivity contribution in [3.8, 4) is 46.3 Å². The molecule has 4 bridgehead atoms. The topological polar surface area (TPSA) is 197 Å². The Hall–Kier alpha value is -5.87. The van der Waals surface area contributed by atoms with Crippen molar-refractivity contribution in [1.82, 2.24) is 15.1 Å². The molecule has 17 nitrogen and oxygen atoms in total. The number of benzene rings is 3. The minimum atomic E-state index is -1.50. The van der Waals surface area contributed by atoms with Crippen molar-refractivity contribution in [3.05, 3.63) is 75.5 Å². The summed E-state index contributed by atoms with van der Waals surface area (Å²) in [5.74, 6) is 1.13. The highest BCUT2D eigenvalue weighted by molar-refractivity contribution is 7.99. The largest absolute Gasteiger partial charge is 0.518 e. The monoisotopic (exact) mass is 912 g/mol. The maximum absolute atomic E-state index is 15.0. The van der Waals surface area contributed by atoms with Crippen molar-refractivity contribution >= 4 is 30.0 Å². The number of phenolic OH excluding ortho intramolecular Hbond substituents is 1. The van der Waals surface area contributed by atoms with Gasteiger partial charge in [-0.3, -0.25) is 15.1 Å². The quantitative estimate of drug-likeness (QED) is 0.118. The summed E-state index contributed by atoms with van der Waals surface area (Å²) in [6, 6.07) is 6.27. The van der Waals surface area contributed by atoms with Crippen LogP contribution in [0.3, 0.4) is 0 Å². The summed E-state index contributed by atoms with van der Waals surface area (Å²) in [5.41, 5.74) is 1.64. The lowest BCUT2D eigenvalue weighted by molar-refractivity contribution is -0.152. The number of esters is 1. The lowest BCUT2D eigenvalue weighted by Gasteiger charge is -2.60. The molecule has 11 rings (SSSR count). The van der Waals surface area contributed by atoms with E-state index >= 15 is 4.79 Å². The van der Waals surface area contributed by atoms with Crippen molar-refractivity contribution in [1.29, 1.82) is 5.26 Å². The van der Waals surface area contributed by atoms with Crippen LogP contribution in [0.1, 0.15) is 89.0 Å². The molecule has 0 aromatic heterocycles. The zero-order valence-corrected chi connectivity index (χ0v) is 38.4. The second-order valence-electron chi connectivity index (χ2n) is 18.2. The zero-order chi connectivity index (χ0) is 46.3. The minimum Gasteiger partial charge on any atom is -0.504 e. The van der Waals surface area contributed by atoms with Crippen LogP contribution in [0, 0.1) is 25.2 Å². The Labute approximate surface area is 380 Å². The molecular formula is C47H52N4O13S. The first-order chi connectivity index (χ1) is 31.0. The number of carbonyl (C=O) groups excluding carboxylic acids is 3. The number of aryl methyl sites for hydroxylation is 1. The van der Waals surface area contributed by atoms with Gasteiger partial charge in [-0.25, -0.2) is 14.4 Å². The number of thioether (sulfide) groups is 1. The van der Waals surface area contributed by atoms with E-state index in [-0.39, 0.29) is 55.0 Å². The van der Waals surface area contributed by atoms with E-state index in [9.17, 15) is 20.0 Å². The van der Waals surface area contributed by atoms with Gasteiger partial charge < -0.3 is 47.7 Å². The fourth-order valence-electron chi connectivity index (χ4n) is 11.0. The van der Waals surface area contributed by atoms with E-state index in [2.05, 4.69) is 27.8 Å². The fraction of sp³-hybridized carbons (Fsp3) is 0.489. The maximum Gasteiger partial charge on any atom is 0.518 e. The van der Waals surface area contributed by atoms with Crippen molar-refractivity contribution in [2.75, 3.05) is 53.5 Å². The van der Waals surface area contributed by atoms with Gasteiger partial charge in [0.2, 0.25) is 6.79 Å². The van der Waals surface area contributed by atoms with Gasteiger partial charge in [0.1, 0.15) is 16.9 Å². The second-order valence-corrected chi connectivity index (χ2v) is 19.3. The molecule has 2 N–H and O–H groups in total. The number of carbonyl (C=O) groups is 3. The molecule has 1 spiro atoms. The summed E-state index contributed by atoms with van der Waals surface area (Å²) < 4.78 is 52.8. The van der Waals surface area contributed by atoms with Gasteiger partial charge in [0.25, 0.3) is 0 Å². The maximum atomic E-state index is 15.0. The molecule has 8 aliphatic heterocycles. The number of ether oxygens (including phenoxy) is 9. The third-order valence-electron chi connectivity index (χ3n) is 13.3. The van der Waals surface area contributed by atoms with Crippen LogP contribution in [0.25, 0.3) is 0 Å². The average Bonchev–Trinajstić information content (AvgIpc) is 3.64. The average molecular weight is 913 g/mol. The first-order valence-corrected chi connectivity index (χ1v) is 22.5. The molecule has 7 atom stereocenters.